The second-order valence-corrected chi connectivity index (χ2v) is 3.90. The van der Waals surface area contributed by atoms with E-state index in [-0.39, 0.29) is 0 Å². The van der Waals surface area contributed by atoms with Crippen molar-refractivity contribution in [2.45, 2.75) is 6.92 Å². The first kappa shape index (κ1) is 9.97. The van der Waals surface area contributed by atoms with Crippen LogP contribution in [0.5, 0.6) is 11.8 Å². The van der Waals surface area contributed by atoms with Crippen molar-refractivity contribution in [1.82, 2.24) is 15.2 Å². The fourth-order valence-electron chi connectivity index (χ4n) is 1.06. The lowest BCUT2D eigenvalue weighted by atomic mass is 10.4. The van der Waals surface area contributed by atoms with E-state index < -0.39 is 0 Å². The topological polar surface area (TPSA) is 76.8 Å². The third-order valence-electron chi connectivity index (χ3n) is 1.71. The van der Waals surface area contributed by atoms with E-state index in [4.69, 9.17) is 10.5 Å². The molecule has 0 aliphatic rings. The number of halogens is 1. The quantitative estimate of drug-likeness (QED) is 0.876. The molecule has 5 nitrogen and oxygen atoms in total. The zero-order chi connectivity index (χ0) is 10.8. The van der Waals surface area contributed by atoms with Gasteiger partial charge < -0.3 is 10.5 Å². The van der Waals surface area contributed by atoms with E-state index in [1.54, 1.807) is 12.1 Å². The lowest BCUT2D eigenvalue weighted by Gasteiger charge is -2.03. The Morgan fingerprint density at radius 2 is 2.27 bits per heavy atom. The SMILES string of the molecule is Cc1cc(Oc2ncc(N)cc2Br)n[nH]1. The predicted molar refractivity (Wildman–Crippen MR) is 59.7 cm³/mol. The Morgan fingerprint density at radius 1 is 1.47 bits per heavy atom. The summed E-state index contributed by atoms with van der Waals surface area (Å²) in [4.78, 5) is 4.03. The first-order chi connectivity index (χ1) is 7.15. The molecule has 2 aromatic heterocycles. The molecule has 0 amide bonds. The van der Waals surface area contributed by atoms with E-state index in [9.17, 15) is 0 Å². The number of aromatic amines is 1. The number of H-pyrrole nitrogens is 1. The number of hydrogen-bond acceptors (Lipinski definition) is 4. The highest BCUT2D eigenvalue weighted by Gasteiger charge is 2.06. The molecule has 0 spiro atoms. The Labute approximate surface area is 94.8 Å². The number of aryl methyl sites for hydroxylation is 1. The van der Waals surface area contributed by atoms with Gasteiger partial charge in [0.25, 0.3) is 0 Å². The largest absolute Gasteiger partial charge is 0.418 e. The van der Waals surface area contributed by atoms with Crippen molar-refractivity contribution in [2.24, 2.45) is 0 Å². The molecule has 3 N–H and O–H groups in total. The molecule has 15 heavy (non-hydrogen) atoms. The summed E-state index contributed by atoms with van der Waals surface area (Å²) in [7, 11) is 0. The molecule has 2 heterocycles. The fraction of sp³-hybridized carbons (Fsp3) is 0.111. The molecular formula is C9H9BrN4O. The summed E-state index contributed by atoms with van der Waals surface area (Å²) in [5, 5.41) is 6.71. The van der Waals surface area contributed by atoms with Crippen molar-refractivity contribution >= 4 is 21.6 Å². The number of aromatic nitrogens is 3. The third kappa shape index (κ3) is 2.27. The van der Waals surface area contributed by atoms with Crippen LogP contribution in [0.3, 0.4) is 0 Å². The van der Waals surface area contributed by atoms with Crippen LogP contribution < -0.4 is 10.5 Å². The van der Waals surface area contributed by atoms with Gasteiger partial charge in [0.2, 0.25) is 11.8 Å². The van der Waals surface area contributed by atoms with Crippen LogP contribution in [-0.4, -0.2) is 15.2 Å². The van der Waals surface area contributed by atoms with Crippen LogP contribution in [0.1, 0.15) is 5.69 Å². The van der Waals surface area contributed by atoms with Crippen molar-refractivity contribution in [3.8, 4) is 11.8 Å². The van der Waals surface area contributed by atoms with Crippen LogP contribution >= 0.6 is 15.9 Å². The zero-order valence-corrected chi connectivity index (χ0v) is 9.58. The number of nitrogens with zero attached hydrogens (tertiary/aromatic N) is 2. The number of ether oxygens (including phenoxy) is 1. The molecule has 0 unspecified atom stereocenters. The van der Waals surface area contributed by atoms with Gasteiger partial charge in [-0.15, -0.1) is 5.10 Å². The zero-order valence-electron chi connectivity index (χ0n) is 7.99. The van der Waals surface area contributed by atoms with Gasteiger partial charge in [-0.1, -0.05) is 0 Å². The highest BCUT2D eigenvalue weighted by Crippen LogP contribution is 2.27. The molecule has 0 aromatic carbocycles. The number of rotatable bonds is 2. The highest BCUT2D eigenvalue weighted by atomic mass is 79.9. The molecular weight excluding hydrogens is 260 g/mol. The number of nitrogens with one attached hydrogen (secondary N) is 1. The van der Waals surface area contributed by atoms with Crippen molar-refractivity contribution < 1.29 is 4.74 Å². The summed E-state index contributed by atoms with van der Waals surface area (Å²) < 4.78 is 6.13. The molecule has 0 saturated carbocycles. The van der Waals surface area contributed by atoms with Crippen molar-refractivity contribution in [2.75, 3.05) is 5.73 Å². The summed E-state index contributed by atoms with van der Waals surface area (Å²) in [6, 6.07) is 3.51. The van der Waals surface area contributed by atoms with E-state index in [1.807, 2.05) is 6.92 Å². The van der Waals surface area contributed by atoms with Crippen LogP contribution in [0.25, 0.3) is 0 Å². The number of pyridine rings is 1. The van der Waals surface area contributed by atoms with Gasteiger partial charge in [-0.25, -0.2) is 4.98 Å². The average Bonchev–Trinajstić information content (AvgIpc) is 2.56. The summed E-state index contributed by atoms with van der Waals surface area (Å²) in [5.74, 6) is 0.918. The minimum absolute atomic E-state index is 0.440. The smallest absolute Gasteiger partial charge is 0.240 e. The Hall–Kier alpha value is -1.56. The monoisotopic (exact) mass is 268 g/mol. The maximum atomic E-state index is 5.56. The number of nitrogens with two attached hydrogens (primary N) is 1. The van der Waals surface area contributed by atoms with Crippen molar-refractivity contribution in [3.63, 3.8) is 0 Å². The third-order valence-corrected chi connectivity index (χ3v) is 2.28. The molecule has 0 atom stereocenters. The van der Waals surface area contributed by atoms with E-state index in [1.165, 1.54) is 6.20 Å². The standard InChI is InChI=1S/C9H9BrN4O/c1-5-2-8(14-13-5)15-9-7(10)3-6(11)4-12-9/h2-4H,11H2,1H3,(H,13,14). The van der Waals surface area contributed by atoms with Crippen molar-refractivity contribution in [1.29, 1.82) is 0 Å². The van der Waals surface area contributed by atoms with Gasteiger partial charge in [0, 0.05) is 11.8 Å². The van der Waals surface area contributed by atoms with Crippen LogP contribution in [0.2, 0.25) is 0 Å². The maximum Gasteiger partial charge on any atom is 0.240 e. The normalized spacial score (nSPS) is 10.3. The summed E-state index contributed by atoms with van der Waals surface area (Å²) in [6.07, 6.45) is 1.53. The molecule has 0 aliphatic carbocycles. The lowest BCUT2D eigenvalue weighted by Crippen LogP contribution is -1.92. The summed E-state index contributed by atoms with van der Waals surface area (Å²) in [6.45, 7) is 1.89. The first-order valence-electron chi connectivity index (χ1n) is 4.26. The first-order valence-corrected chi connectivity index (χ1v) is 5.05. The Morgan fingerprint density at radius 3 is 2.87 bits per heavy atom. The van der Waals surface area contributed by atoms with Crippen LogP contribution in [0.15, 0.2) is 22.8 Å². The minimum atomic E-state index is 0.440. The molecule has 0 radical (unpaired) electrons. The Kier molecular flexibility index (Phi) is 2.59. The molecule has 0 bridgehead atoms. The lowest BCUT2D eigenvalue weighted by molar-refractivity contribution is 0.440. The van der Waals surface area contributed by atoms with Crippen LogP contribution in [0, 0.1) is 6.92 Å². The van der Waals surface area contributed by atoms with Gasteiger partial charge in [-0.3, -0.25) is 5.10 Å². The molecule has 78 valence electrons. The number of hydrogen-bond donors (Lipinski definition) is 2. The van der Waals surface area contributed by atoms with E-state index in [2.05, 4.69) is 31.1 Å². The van der Waals surface area contributed by atoms with E-state index in [0.717, 1.165) is 5.69 Å². The van der Waals surface area contributed by atoms with Gasteiger partial charge in [0.1, 0.15) is 0 Å². The van der Waals surface area contributed by atoms with Crippen LogP contribution in [-0.2, 0) is 0 Å². The molecule has 2 rings (SSSR count). The highest BCUT2D eigenvalue weighted by molar-refractivity contribution is 9.10. The van der Waals surface area contributed by atoms with Gasteiger partial charge >= 0.3 is 0 Å². The van der Waals surface area contributed by atoms with Gasteiger partial charge in [0.15, 0.2) is 0 Å². The van der Waals surface area contributed by atoms with Gasteiger partial charge in [-0.2, -0.15) is 0 Å². The van der Waals surface area contributed by atoms with Gasteiger partial charge in [-0.05, 0) is 28.9 Å². The maximum absolute atomic E-state index is 5.56. The molecule has 0 fully saturated rings. The average molecular weight is 269 g/mol. The Balaban J connectivity index is 2.24. The second kappa shape index (κ2) is 3.90. The van der Waals surface area contributed by atoms with E-state index >= 15 is 0 Å². The number of nitrogen functional groups attached to an aromatic ring is 1. The molecule has 2 aromatic rings. The second-order valence-electron chi connectivity index (χ2n) is 3.05. The van der Waals surface area contributed by atoms with Crippen LogP contribution in [0.4, 0.5) is 5.69 Å². The van der Waals surface area contributed by atoms with Gasteiger partial charge in [0.05, 0.1) is 16.4 Å². The fourth-order valence-corrected chi connectivity index (χ4v) is 1.51. The van der Waals surface area contributed by atoms with E-state index in [0.29, 0.717) is 21.9 Å². The van der Waals surface area contributed by atoms with Crippen molar-refractivity contribution in [3.05, 3.63) is 28.5 Å². The molecule has 0 saturated heterocycles. The summed E-state index contributed by atoms with van der Waals surface area (Å²) >= 11 is 3.31. The predicted octanol–water partition coefficient (Wildman–Crippen LogP) is 2.25. The molecule has 0 aliphatic heterocycles. The molecule has 6 heteroatoms. The Bertz CT molecular complexity index is 483. The summed E-state index contributed by atoms with van der Waals surface area (Å²) in [5.41, 5.74) is 7.06. The minimum Gasteiger partial charge on any atom is -0.418 e. The number of anilines is 1.